The number of nitrogens with one attached hydrogen (secondary N) is 2. The number of aromatic nitrogens is 1. The summed E-state index contributed by atoms with van der Waals surface area (Å²) in [6.07, 6.45) is 1.69. The molecule has 2 amide bonds. The van der Waals surface area contributed by atoms with Gasteiger partial charge < -0.3 is 4.57 Å². The Bertz CT molecular complexity index is 756. The van der Waals surface area contributed by atoms with Crippen molar-refractivity contribution in [1.82, 2.24) is 15.4 Å². The molecular weight excluding hydrogens is 356 g/mol. The molecule has 0 saturated carbocycles. The fraction of sp³-hybridized carbons (Fsp3) is 0.0769. The molecule has 1 aromatic carbocycles. The van der Waals surface area contributed by atoms with Crippen LogP contribution < -0.4 is 10.9 Å². The fourth-order valence-corrected chi connectivity index (χ4v) is 2.13. The average Bonchev–Trinajstić information content (AvgIpc) is 2.90. The van der Waals surface area contributed by atoms with Gasteiger partial charge in [-0.2, -0.15) is 0 Å². The molecule has 0 saturated heterocycles. The van der Waals surface area contributed by atoms with Crippen molar-refractivity contribution in [3.63, 3.8) is 0 Å². The first-order valence-corrected chi connectivity index (χ1v) is 6.85. The van der Waals surface area contributed by atoms with Crippen LogP contribution in [0.3, 0.4) is 0 Å². The minimum atomic E-state index is -0.654. The lowest BCUT2D eigenvalue weighted by atomic mass is 10.2. The predicted octanol–water partition coefficient (Wildman–Crippen LogP) is 1.77. The summed E-state index contributed by atoms with van der Waals surface area (Å²) in [5.74, 6) is -1.15. The van der Waals surface area contributed by atoms with E-state index in [0.717, 1.165) is 6.07 Å². The van der Waals surface area contributed by atoms with Gasteiger partial charge in [0.2, 0.25) is 0 Å². The minimum absolute atomic E-state index is 0.0575. The molecular formula is C13H11BrN4O4. The van der Waals surface area contributed by atoms with Crippen molar-refractivity contribution in [3.8, 4) is 0 Å². The smallest absolute Gasteiger partial charge is 0.286 e. The highest BCUT2D eigenvalue weighted by Crippen LogP contribution is 2.25. The Labute approximate surface area is 133 Å². The van der Waals surface area contributed by atoms with Crippen LogP contribution in [0.15, 0.2) is 41.0 Å². The molecule has 0 fully saturated rings. The summed E-state index contributed by atoms with van der Waals surface area (Å²) in [7, 11) is 1.69. The zero-order valence-electron chi connectivity index (χ0n) is 11.4. The van der Waals surface area contributed by atoms with Crippen LogP contribution in [-0.2, 0) is 7.05 Å². The van der Waals surface area contributed by atoms with E-state index in [1.165, 1.54) is 12.1 Å². The van der Waals surface area contributed by atoms with Gasteiger partial charge in [0.25, 0.3) is 17.5 Å². The summed E-state index contributed by atoms with van der Waals surface area (Å²) in [6.45, 7) is 0. The highest BCUT2D eigenvalue weighted by Gasteiger charge is 2.17. The minimum Gasteiger partial charge on any atom is -0.347 e. The third kappa shape index (κ3) is 3.31. The number of rotatable bonds is 3. The molecule has 9 heteroatoms. The van der Waals surface area contributed by atoms with E-state index in [9.17, 15) is 19.7 Å². The van der Waals surface area contributed by atoms with Gasteiger partial charge in [-0.1, -0.05) is 0 Å². The second kappa shape index (κ2) is 6.39. The molecule has 0 atom stereocenters. The monoisotopic (exact) mass is 366 g/mol. The largest absolute Gasteiger partial charge is 0.347 e. The first kappa shape index (κ1) is 15.7. The normalized spacial score (nSPS) is 10.1. The molecule has 0 aliphatic rings. The Morgan fingerprint density at radius 1 is 1.23 bits per heavy atom. The maximum Gasteiger partial charge on any atom is 0.286 e. The van der Waals surface area contributed by atoms with Crippen LogP contribution in [0.4, 0.5) is 5.69 Å². The van der Waals surface area contributed by atoms with Crippen molar-refractivity contribution < 1.29 is 14.5 Å². The average molecular weight is 367 g/mol. The number of carbonyl (C=O) groups excluding carboxylic acids is 2. The van der Waals surface area contributed by atoms with Crippen molar-refractivity contribution >= 4 is 33.4 Å². The molecule has 2 rings (SSSR count). The van der Waals surface area contributed by atoms with Gasteiger partial charge in [0.05, 0.1) is 9.40 Å². The van der Waals surface area contributed by atoms with Crippen molar-refractivity contribution in [2.75, 3.05) is 0 Å². The number of nitro benzene ring substituents is 1. The van der Waals surface area contributed by atoms with Gasteiger partial charge in [0.15, 0.2) is 0 Å². The molecule has 0 aliphatic carbocycles. The first-order valence-electron chi connectivity index (χ1n) is 6.06. The Morgan fingerprint density at radius 3 is 2.50 bits per heavy atom. The number of aryl methyl sites for hydroxylation is 1. The number of benzene rings is 1. The zero-order chi connectivity index (χ0) is 16.3. The molecule has 0 radical (unpaired) electrons. The molecule has 2 aromatic rings. The van der Waals surface area contributed by atoms with Gasteiger partial charge in [0.1, 0.15) is 5.69 Å². The fourth-order valence-electron chi connectivity index (χ4n) is 1.74. The van der Waals surface area contributed by atoms with E-state index >= 15 is 0 Å². The second-order valence-electron chi connectivity index (χ2n) is 4.34. The highest BCUT2D eigenvalue weighted by molar-refractivity contribution is 9.10. The van der Waals surface area contributed by atoms with Crippen LogP contribution in [0.2, 0.25) is 0 Å². The van der Waals surface area contributed by atoms with Crippen LogP contribution in [0.1, 0.15) is 20.8 Å². The molecule has 0 aliphatic heterocycles. The standard InChI is InChI=1S/C13H11BrN4O4/c1-17-6-2-3-10(17)13(20)16-15-12(19)8-4-5-9(14)11(7-8)18(21)22/h2-7H,1H3,(H,15,19)(H,16,20). The van der Waals surface area contributed by atoms with E-state index in [4.69, 9.17) is 0 Å². The molecule has 1 heterocycles. The zero-order valence-corrected chi connectivity index (χ0v) is 13.0. The highest BCUT2D eigenvalue weighted by atomic mass is 79.9. The molecule has 0 unspecified atom stereocenters. The topological polar surface area (TPSA) is 106 Å². The summed E-state index contributed by atoms with van der Waals surface area (Å²) in [6, 6.07) is 7.20. The lowest BCUT2D eigenvalue weighted by molar-refractivity contribution is -0.385. The molecule has 22 heavy (non-hydrogen) atoms. The van der Waals surface area contributed by atoms with Gasteiger partial charge >= 0.3 is 0 Å². The van der Waals surface area contributed by atoms with Gasteiger partial charge in [-0.15, -0.1) is 0 Å². The molecule has 114 valence electrons. The van der Waals surface area contributed by atoms with Crippen molar-refractivity contribution in [1.29, 1.82) is 0 Å². The number of hydrogen-bond acceptors (Lipinski definition) is 4. The van der Waals surface area contributed by atoms with Crippen molar-refractivity contribution in [3.05, 3.63) is 62.4 Å². The van der Waals surface area contributed by atoms with E-state index in [1.807, 2.05) is 0 Å². The van der Waals surface area contributed by atoms with Crippen LogP contribution in [-0.4, -0.2) is 21.3 Å². The number of carbonyl (C=O) groups is 2. The number of hydrazine groups is 1. The molecule has 1 aromatic heterocycles. The van der Waals surface area contributed by atoms with E-state index in [2.05, 4.69) is 26.8 Å². The lowest BCUT2D eigenvalue weighted by Gasteiger charge is -2.08. The number of halogens is 1. The second-order valence-corrected chi connectivity index (χ2v) is 5.19. The maximum absolute atomic E-state index is 11.9. The number of hydrogen-bond donors (Lipinski definition) is 2. The quantitative estimate of drug-likeness (QED) is 0.637. The van der Waals surface area contributed by atoms with Crippen LogP contribution in [0.5, 0.6) is 0 Å². The number of nitrogens with zero attached hydrogens (tertiary/aromatic N) is 2. The van der Waals surface area contributed by atoms with Gasteiger partial charge in [-0.05, 0) is 40.2 Å². The van der Waals surface area contributed by atoms with E-state index < -0.39 is 16.7 Å². The summed E-state index contributed by atoms with van der Waals surface area (Å²) in [4.78, 5) is 34.0. The summed E-state index contributed by atoms with van der Waals surface area (Å²) >= 11 is 3.03. The van der Waals surface area contributed by atoms with Gasteiger partial charge in [-0.3, -0.25) is 30.6 Å². The van der Waals surface area contributed by atoms with E-state index in [0.29, 0.717) is 5.69 Å². The van der Waals surface area contributed by atoms with Crippen LogP contribution in [0.25, 0.3) is 0 Å². The number of nitro groups is 1. The SMILES string of the molecule is Cn1cccc1C(=O)NNC(=O)c1ccc(Br)c([N+](=O)[O-])c1. The first-order chi connectivity index (χ1) is 10.4. The number of amides is 2. The Hall–Kier alpha value is -2.68. The summed E-state index contributed by atoms with van der Waals surface area (Å²) < 4.78 is 1.85. The predicted molar refractivity (Wildman–Crippen MR) is 81.1 cm³/mol. The maximum atomic E-state index is 11.9. The Morgan fingerprint density at radius 2 is 1.91 bits per heavy atom. The molecule has 8 nitrogen and oxygen atoms in total. The Balaban J connectivity index is 2.07. The van der Waals surface area contributed by atoms with Gasteiger partial charge in [-0.25, -0.2) is 0 Å². The molecule has 2 N–H and O–H groups in total. The molecule has 0 spiro atoms. The van der Waals surface area contributed by atoms with Crippen molar-refractivity contribution in [2.24, 2.45) is 7.05 Å². The third-order valence-electron chi connectivity index (χ3n) is 2.87. The summed E-state index contributed by atoms with van der Waals surface area (Å²) in [5, 5.41) is 10.8. The van der Waals surface area contributed by atoms with E-state index in [1.54, 1.807) is 29.9 Å². The third-order valence-corrected chi connectivity index (χ3v) is 3.54. The summed E-state index contributed by atoms with van der Waals surface area (Å²) in [5.41, 5.74) is 4.64. The van der Waals surface area contributed by atoms with Crippen LogP contribution >= 0.6 is 15.9 Å². The molecule has 0 bridgehead atoms. The van der Waals surface area contributed by atoms with Crippen molar-refractivity contribution in [2.45, 2.75) is 0 Å². The lowest BCUT2D eigenvalue weighted by Crippen LogP contribution is -2.42. The van der Waals surface area contributed by atoms with E-state index in [-0.39, 0.29) is 15.7 Å². The Kier molecular flexibility index (Phi) is 4.56. The van der Waals surface area contributed by atoms with Gasteiger partial charge in [0, 0.05) is 24.9 Å². The van der Waals surface area contributed by atoms with Crippen LogP contribution in [0, 0.1) is 10.1 Å².